The first-order chi connectivity index (χ1) is 10.4. The lowest BCUT2D eigenvalue weighted by atomic mass is 10.2. The van der Waals surface area contributed by atoms with Crippen molar-refractivity contribution in [3.05, 3.63) is 0 Å². The summed E-state index contributed by atoms with van der Waals surface area (Å²) in [6.45, 7) is 8.52. The average molecular weight is 315 g/mol. The molecule has 0 spiro atoms. The van der Waals surface area contributed by atoms with Gasteiger partial charge in [-0.2, -0.15) is 0 Å². The number of carbonyl (C=O) groups is 1. The number of rotatable bonds is 7. The second-order valence-corrected chi connectivity index (χ2v) is 6.15. The van der Waals surface area contributed by atoms with Crippen LogP contribution in [0.2, 0.25) is 0 Å². The van der Waals surface area contributed by atoms with E-state index in [0.29, 0.717) is 19.2 Å². The lowest BCUT2D eigenvalue weighted by molar-refractivity contribution is -0.153. The van der Waals surface area contributed by atoms with E-state index in [2.05, 4.69) is 15.6 Å². The van der Waals surface area contributed by atoms with E-state index in [1.54, 1.807) is 7.05 Å². The first kappa shape index (κ1) is 18.7. The monoisotopic (exact) mass is 315 g/mol. The molecular weight excluding hydrogens is 286 g/mol. The van der Waals surface area contributed by atoms with Crippen molar-refractivity contribution < 1.29 is 19.0 Å². The lowest BCUT2D eigenvalue weighted by Gasteiger charge is -2.20. The van der Waals surface area contributed by atoms with Crippen LogP contribution in [-0.2, 0) is 19.0 Å². The quantitative estimate of drug-likeness (QED) is 0.311. The predicted octanol–water partition coefficient (Wildman–Crippen LogP) is 0.689. The highest BCUT2D eigenvalue weighted by atomic mass is 16.6. The SMILES string of the molecule is CN=C(NCCCOC1CCOC1)NCC(=O)OC(C)(C)C. The molecule has 1 saturated heterocycles. The van der Waals surface area contributed by atoms with E-state index in [9.17, 15) is 4.79 Å². The highest BCUT2D eigenvalue weighted by molar-refractivity contribution is 5.84. The van der Waals surface area contributed by atoms with Crippen molar-refractivity contribution in [3.63, 3.8) is 0 Å². The maximum Gasteiger partial charge on any atom is 0.325 e. The van der Waals surface area contributed by atoms with Gasteiger partial charge in [-0.05, 0) is 33.6 Å². The molecule has 0 aromatic rings. The molecule has 1 atom stereocenters. The molecule has 0 saturated carbocycles. The lowest BCUT2D eigenvalue weighted by Crippen LogP contribution is -2.42. The molecule has 7 nitrogen and oxygen atoms in total. The van der Waals surface area contributed by atoms with Crippen molar-refractivity contribution in [2.45, 2.75) is 45.3 Å². The summed E-state index contributed by atoms with van der Waals surface area (Å²) in [5, 5.41) is 6.06. The number of hydrogen-bond donors (Lipinski definition) is 2. The molecule has 0 aromatic carbocycles. The first-order valence-electron chi connectivity index (χ1n) is 7.76. The van der Waals surface area contributed by atoms with Gasteiger partial charge in [-0.3, -0.25) is 9.79 Å². The summed E-state index contributed by atoms with van der Waals surface area (Å²) in [7, 11) is 1.66. The molecule has 1 unspecified atom stereocenters. The van der Waals surface area contributed by atoms with Gasteiger partial charge in [0.15, 0.2) is 5.96 Å². The summed E-state index contributed by atoms with van der Waals surface area (Å²) < 4.78 is 16.1. The van der Waals surface area contributed by atoms with Gasteiger partial charge in [0.05, 0.1) is 12.7 Å². The number of esters is 1. The molecule has 1 aliphatic rings. The van der Waals surface area contributed by atoms with Crippen LogP contribution in [0.25, 0.3) is 0 Å². The number of nitrogens with zero attached hydrogens (tertiary/aromatic N) is 1. The van der Waals surface area contributed by atoms with Crippen LogP contribution < -0.4 is 10.6 Å². The molecule has 2 N–H and O–H groups in total. The van der Waals surface area contributed by atoms with E-state index in [-0.39, 0.29) is 18.6 Å². The van der Waals surface area contributed by atoms with Crippen LogP contribution in [-0.4, -0.2) is 63.6 Å². The van der Waals surface area contributed by atoms with Gasteiger partial charge in [0.2, 0.25) is 0 Å². The fraction of sp³-hybridized carbons (Fsp3) is 0.867. The zero-order valence-corrected chi connectivity index (χ0v) is 14.1. The molecular formula is C15H29N3O4. The number of hydrogen-bond acceptors (Lipinski definition) is 5. The van der Waals surface area contributed by atoms with Gasteiger partial charge >= 0.3 is 5.97 Å². The largest absolute Gasteiger partial charge is 0.459 e. The van der Waals surface area contributed by atoms with Gasteiger partial charge in [0.1, 0.15) is 12.1 Å². The van der Waals surface area contributed by atoms with Gasteiger partial charge in [-0.25, -0.2) is 0 Å². The molecule has 128 valence electrons. The maximum atomic E-state index is 11.6. The maximum absolute atomic E-state index is 11.6. The van der Waals surface area contributed by atoms with Crippen LogP contribution in [0.4, 0.5) is 0 Å². The Morgan fingerprint density at radius 1 is 1.36 bits per heavy atom. The van der Waals surface area contributed by atoms with Gasteiger partial charge in [0.25, 0.3) is 0 Å². The number of nitrogens with one attached hydrogen (secondary N) is 2. The highest BCUT2D eigenvalue weighted by Gasteiger charge is 2.16. The van der Waals surface area contributed by atoms with Gasteiger partial charge in [-0.1, -0.05) is 0 Å². The third kappa shape index (κ3) is 8.84. The second kappa shape index (κ2) is 9.63. The number of guanidine groups is 1. The van der Waals surface area contributed by atoms with Crippen LogP contribution in [0.3, 0.4) is 0 Å². The van der Waals surface area contributed by atoms with Crippen LogP contribution in [0.15, 0.2) is 4.99 Å². The van der Waals surface area contributed by atoms with E-state index >= 15 is 0 Å². The normalized spacial score (nSPS) is 19.1. The van der Waals surface area contributed by atoms with E-state index < -0.39 is 5.60 Å². The standard InChI is InChI=1S/C15H29N3O4/c1-15(2,3)22-13(19)10-18-14(16-4)17-7-5-8-21-12-6-9-20-11-12/h12H,5-11H2,1-4H3,(H2,16,17,18). The van der Waals surface area contributed by atoms with Gasteiger partial charge in [0, 0.05) is 26.8 Å². The molecule has 7 heteroatoms. The zero-order chi connectivity index (χ0) is 16.4. The van der Waals surface area contributed by atoms with Crippen molar-refractivity contribution in [2.24, 2.45) is 4.99 Å². The van der Waals surface area contributed by atoms with Gasteiger partial charge < -0.3 is 24.8 Å². The Hall–Kier alpha value is -1.34. The van der Waals surface area contributed by atoms with Gasteiger partial charge in [-0.15, -0.1) is 0 Å². The molecule has 1 heterocycles. The number of aliphatic imine (C=N–C) groups is 1. The third-order valence-electron chi connectivity index (χ3n) is 2.90. The van der Waals surface area contributed by atoms with Crippen LogP contribution in [0, 0.1) is 0 Å². The fourth-order valence-corrected chi connectivity index (χ4v) is 1.93. The minimum atomic E-state index is -0.475. The summed E-state index contributed by atoms with van der Waals surface area (Å²) in [5.41, 5.74) is -0.475. The molecule has 22 heavy (non-hydrogen) atoms. The van der Waals surface area contributed by atoms with Crippen molar-refractivity contribution in [1.82, 2.24) is 10.6 Å². The predicted molar refractivity (Wildman–Crippen MR) is 85.0 cm³/mol. The summed E-state index contributed by atoms with van der Waals surface area (Å²) in [6, 6.07) is 0. The first-order valence-corrected chi connectivity index (χ1v) is 7.76. The van der Waals surface area contributed by atoms with Crippen LogP contribution >= 0.6 is 0 Å². The molecule has 1 aliphatic heterocycles. The second-order valence-electron chi connectivity index (χ2n) is 6.15. The molecule has 0 aromatic heterocycles. The van der Waals surface area contributed by atoms with Crippen LogP contribution in [0.1, 0.15) is 33.6 Å². The Morgan fingerprint density at radius 3 is 2.73 bits per heavy atom. The Morgan fingerprint density at radius 2 is 2.14 bits per heavy atom. The Labute approximate surface area is 132 Å². The summed E-state index contributed by atoms with van der Waals surface area (Å²) in [4.78, 5) is 15.7. The van der Waals surface area contributed by atoms with Crippen molar-refractivity contribution in [1.29, 1.82) is 0 Å². The summed E-state index contributed by atoms with van der Waals surface area (Å²) in [6.07, 6.45) is 2.08. The van der Waals surface area contributed by atoms with Crippen LogP contribution in [0.5, 0.6) is 0 Å². The summed E-state index contributed by atoms with van der Waals surface area (Å²) in [5.74, 6) is 0.273. The minimum Gasteiger partial charge on any atom is -0.459 e. The molecule has 1 fully saturated rings. The smallest absolute Gasteiger partial charge is 0.325 e. The molecule has 0 radical (unpaired) electrons. The number of ether oxygens (including phenoxy) is 3. The Bertz CT molecular complexity index is 360. The summed E-state index contributed by atoms with van der Waals surface area (Å²) >= 11 is 0. The van der Waals surface area contributed by atoms with Crippen molar-refractivity contribution >= 4 is 11.9 Å². The molecule has 0 bridgehead atoms. The fourth-order valence-electron chi connectivity index (χ4n) is 1.93. The average Bonchev–Trinajstić information content (AvgIpc) is 2.93. The minimum absolute atomic E-state index is 0.0901. The third-order valence-corrected chi connectivity index (χ3v) is 2.90. The Balaban J connectivity index is 2.08. The molecule has 0 aliphatic carbocycles. The van der Waals surface area contributed by atoms with E-state index in [4.69, 9.17) is 14.2 Å². The van der Waals surface area contributed by atoms with Crippen molar-refractivity contribution in [3.8, 4) is 0 Å². The van der Waals surface area contributed by atoms with E-state index in [1.807, 2.05) is 20.8 Å². The highest BCUT2D eigenvalue weighted by Crippen LogP contribution is 2.08. The van der Waals surface area contributed by atoms with Crippen molar-refractivity contribution in [2.75, 3.05) is 40.0 Å². The topological polar surface area (TPSA) is 81.2 Å². The Kier molecular flexibility index (Phi) is 8.19. The number of carbonyl (C=O) groups excluding carboxylic acids is 1. The molecule has 1 rings (SSSR count). The zero-order valence-electron chi connectivity index (χ0n) is 14.1. The van der Waals surface area contributed by atoms with E-state index in [0.717, 1.165) is 26.0 Å². The van der Waals surface area contributed by atoms with E-state index in [1.165, 1.54) is 0 Å². The molecule has 0 amide bonds.